The fourth-order valence-electron chi connectivity index (χ4n) is 2.56. The van der Waals surface area contributed by atoms with Crippen molar-refractivity contribution in [3.63, 3.8) is 0 Å². The predicted molar refractivity (Wildman–Crippen MR) is 79.3 cm³/mol. The van der Waals surface area contributed by atoms with Crippen LogP contribution in [0.1, 0.15) is 34.8 Å². The standard InChI is InChI=1S/C18H12F6O/c19-17(20,21)13-5-1-11(2-6-13)15-9-10-16(25-15)12-3-7-14(8-4-12)18(22,23)24/h1-9,16H,10H2. The summed E-state index contributed by atoms with van der Waals surface area (Å²) in [5.74, 6) is 0.415. The van der Waals surface area contributed by atoms with E-state index in [-0.39, 0.29) is 0 Å². The number of hydrogen-bond donors (Lipinski definition) is 0. The first kappa shape index (κ1) is 17.4. The molecule has 1 aliphatic rings. The lowest BCUT2D eigenvalue weighted by atomic mass is 10.0. The molecule has 1 nitrogen and oxygen atoms in total. The molecule has 0 spiro atoms. The van der Waals surface area contributed by atoms with Gasteiger partial charge in [-0.15, -0.1) is 0 Å². The Morgan fingerprint density at radius 2 is 1.20 bits per heavy atom. The zero-order chi connectivity index (χ0) is 18.2. The first-order valence-corrected chi connectivity index (χ1v) is 7.36. The normalized spacial score (nSPS) is 18.0. The van der Waals surface area contributed by atoms with Crippen LogP contribution in [0.2, 0.25) is 0 Å². The van der Waals surface area contributed by atoms with Gasteiger partial charge in [-0.25, -0.2) is 0 Å². The lowest BCUT2D eigenvalue weighted by Gasteiger charge is -2.15. The fourth-order valence-corrected chi connectivity index (χ4v) is 2.56. The van der Waals surface area contributed by atoms with Gasteiger partial charge in [-0.3, -0.25) is 0 Å². The van der Waals surface area contributed by atoms with E-state index in [9.17, 15) is 26.3 Å². The van der Waals surface area contributed by atoms with Crippen molar-refractivity contribution < 1.29 is 31.1 Å². The molecule has 2 aromatic rings. The van der Waals surface area contributed by atoms with Gasteiger partial charge in [-0.1, -0.05) is 24.3 Å². The molecule has 1 heterocycles. The summed E-state index contributed by atoms with van der Waals surface area (Å²) >= 11 is 0. The van der Waals surface area contributed by atoms with Gasteiger partial charge in [0, 0.05) is 12.0 Å². The molecule has 3 rings (SSSR count). The van der Waals surface area contributed by atoms with E-state index in [1.54, 1.807) is 6.08 Å². The summed E-state index contributed by atoms with van der Waals surface area (Å²) in [6.45, 7) is 0. The molecule has 0 aliphatic carbocycles. The van der Waals surface area contributed by atoms with Gasteiger partial charge in [-0.2, -0.15) is 26.3 Å². The third-order valence-corrected chi connectivity index (χ3v) is 3.89. The average molecular weight is 358 g/mol. The summed E-state index contributed by atoms with van der Waals surface area (Å²) in [6, 6.07) is 9.20. The van der Waals surface area contributed by atoms with Crippen LogP contribution >= 0.6 is 0 Å². The van der Waals surface area contributed by atoms with Crippen LogP contribution in [-0.2, 0) is 17.1 Å². The van der Waals surface area contributed by atoms with Gasteiger partial charge in [0.05, 0.1) is 11.1 Å². The Bertz CT molecular complexity index is 769. The molecule has 1 atom stereocenters. The molecule has 0 aromatic heterocycles. The van der Waals surface area contributed by atoms with Crippen molar-refractivity contribution >= 4 is 5.76 Å². The monoisotopic (exact) mass is 358 g/mol. The predicted octanol–water partition coefficient (Wildman–Crippen LogP) is 6.23. The maximum absolute atomic E-state index is 12.6. The van der Waals surface area contributed by atoms with Gasteiger partial charge in [0.25, 0.3) is 0 Å². The summed E-state index contributed by atoms with van der Waals surface area (Å²) in [4.78, 5) is 0. The van der Waals surface area contributed by atoms with E-state index in [1.807, 2.05) is 0 Å². The maximum Gasteiger partial charge on any atom is 0.416 e. The Morgan fingerprint density at radius 1 is 0.720 bits per heavy atom. The van der Waals surface area contributed by atoms with E-state index in [0.29, 0.717) is 23.3 Å². The van der Waals surface area contributed by atoms with E-state index < -0.39 is 29.6 Å². The van der Waals surface area contributed by atoms with E-state index in [0.717, 1.165) is 24.3 Å². The number of hydrogen-bond acceptors (Lipinski definition) is 1. The lowest BCUT2D eigenvalue weighted by molar-refractivity contribution is -0.138. The van der Waals surface area contributed by atoms with Crippen LogP contribution in [0.5, 0.6) is 0 Å². The van der Waals surface area contributed by atoms with Crippen LogP contribution in [0.25, 0.3) is 5.76 Å². The topological polar surface area (TPSA) is 9.23 Å². The average Bonchev–Trinajstić information content (AvgIpc) is 3.03. The molecular weight excluding hydrogens is 346 g/mol. The second-order valence-corrected chi connectivity index (χ2v) is 5.61. The molecule has 0 amide bonds. The largest absolute Gasteiger partial charge is 0.485 e. The first-order valence-electron chi connectivity index (χ1n) is 7.36. The Hall–Kier alpha value is -2.44. The van der Waals surface area contributed by atoms with Crippen LogP contribution in [0.15, 0.2) is 54.6 Å². The molecule has 0 bridgehead atoms. The molecule has 7 heteroatoms. The zero-order valence-electron chi connectivity index (χ0n) is 12.7. The molecule has 0 saturated heterocycles. The highest BCUT2D eigenvalue weighted by Gasteiger charge is 2.32. The van der Waals surface area contributed by atoms with Gasteiger partial charge >= 0.3 is 12.4 Å². The Morgan fingerprint density at radius 3 is 1.68 bits per heavy atom. The minimum atomic E-state index is -4.41. The molecule has 0 radical (unpaired) electrons. The second-order valence-electron chi connectivity index (χ2n) is 5.61. The molecule has 0 N–H and O–H groups in total. The number of benzene rings is 2. The molecule has 132 valence electrons. The zero-order valence-corrected chi connectivity index (χ0v) is 12.7. The van der Waals surface area contributed by atoms with Crippen molar-refractivity contribution in [3.8, 4) is 0 Å². The Balaban J connectivity index is 1.71. The minimum Gasteiger partial charge on any atom is -0.485 e. The Kier molecular flexibility index (Phi) is 4.26. The number of alkyl halides is 6. The summed E-state index contributed by atoms with van der Waals surface area (Å²) in [5, 5.41) is 0. The van der Waals surface area contributed by atoms with Crippen molar-refractivity contribution in [1.29, 1.82) is 0 Å². The van der Waals surface area contributed by atoms with E-state index in [1.165, 1.54) is 24.3 Å². The van der Waals surface area contributed by atoms with Crippen LogP contribution in [0, 0.1) is 0 Å². The van der Waals surface area contributed by atoms with Crippen LogP contribution < -0.4 is 0 Å². The molecule has 2 aromatic carbocycles. The van der Waals surface area contributed by atoms with Crippen molar-refractivity contribution in [3.05, 3.63) is 76.9 Å². The molecular formula is C18H12F6O. The first-order chi connectivity index (χ1) is 11.6. The van der Waals surface area contributed by atoms with Gasteiger partial charge in [0.2, 0.25) is 0 Å². The molecule has 0 saturated carbocycles. The van der Waals surface area contributed by atoms with E-state index in [4.69, 9.17) is 4.74 Å². The molecule has 0 fully saturated rings. The van der Waals surface area contributed by atoms with Gasteiger partial charge in [0.1, 0.15) is 11.9 Å². The Labute approximate surface area is 139 Å². The van der Waals surface area contributed by atoms with Crippen LogP contribution in [-0.4, -0.2) is 0 Å². The van der Waals surface area contributed by atoms with Crippen molar-refractivity contribution in [2.75, 3.05) is 0 Å². The van der Waals surface area contributed by atoms with Gasteiger partial charge in [0.15, 0.2) is 0 Å². The minimum absolute atomic E-state index is 0.415. The van der Waals surface area contributed by atoms with Crippen LogP contribution in [0.3, 0.4) is 0 Å². The van der Waals surface area contributed by atoms with Crippen molar-refractivity contribution in [2.24, 2.45) is 0 Å². The van der Waals surface area contributed by atoms with Gasteiger partial charge < -0.3 is 4.74 Å². The van der Waals surface area contributed by atoms with Crippen molar-refractivity contribution in [1.82, 2.24) is 0 Å². The van der Waals surface area contributed by atoms with E-state index in [2.05, 4.69) is 0 Å². The molecule has 25 heavy (non-hydrogen) atoms. The summed E-state index contributed by atoms with van der Waals surface area (Å²) in [5.41, 5.74) is -0.437. The molecule has 1 unspecified atom stereocenters. The summed E-state index contributed by atoms with van der Waals surface area (Å²) in [6.07, 6.45) is -7.13. The highest BCUT2D eigenvalue weighted by molar-refractivity contribution is 5.62. The second kappa shape index (κ2) is 6.13. The number of halogens is 6. The van der Waals surface area contributed by atoms with Gasteiger partial charge in [-0.05, 0) is 35.9 Å². The van der Waals surface area contributed by atoms with Crippen molar-refractivity contribution in [2.45, 2.75) is 24.9 Å². The molecule has 1 aliphatic heterocycles. The number of ether oxygens (including phenoxy) is 1. The SMILES string of the molecule is FC(F)(F)c1ccc(C2=CCC(c3ccc(C(F)(F)F)cc3)O2)cc1. The highest BCUT2D eigenvalue weighted by atomic mass is 19.4. The van der Waals surface area contributed by atoms with Crippen LogP contribution in [0.4, 0.5) is 26.3 Å². The lowest BCUT2D eigenvalue weighted by Crippen LogP contribution is -2.05. The summed E-state index contributed by atoms with van der Waals surface area (Å²) < 4.78 is 81.1. The fraction of sp³-hybridized carbons (Fsp3) is 0.222. The maximum atomic E-state index is 12.6. The highest BCUT2D eigenvalue weighted by Crippen LogP contribution is 2.38. The number of rotatable bonds is 2. The third kappa shape index (κ3) is 3.81. The quantitative estimate of drug-likeness (QED) is 0.579. The summed E-state index contributed by atoms with van der Waals surface area (Å²) in [7, 11) is 0. The smallest absolute Gasteiger partial charge is 0.416 e. The third-order valence-electron chi connectivity index (χ3n) is 3.89. The van der Waals surface area contributed by atoms with E-state index >= 15 is 0 Å².